The average Bonchev–Trinajstić information content (AvgIpc) is 2.09. The van der Waals surface area contributed by atoms with E-state index in [-0.39, 0.29) is 5.78 Å². The van der Waals surface area contributed by atoms with Gasteiger partial charge in [-0.3, -0.25) is 9.59 Å². The standard InChI is InChI=1S/C9H6ClIO2/c1-5(13)6-2-7(4-12)9(11)8(10)3-6/h2-4H,1H3. The molecule has 0 unspecified atom stereocenters. The van der Waals surface area contributed by atoms with Crippen molar-refractivity contribution in [3.8, 4) is 0 Å². The van der Waals surface area contributed by atoms with Crippen molar-refractivity contribution in [2.45, 2.75) is 6.92 Å². The minimum atomic E-state index is -0.0959. The molecular weight excluding hydrogens is 302 g/mol. The zero-order valence-corrected chi connectivity index (χ0v) is 9.72. The lowest BCUT2D eigenvalue weighted by molar-refractivity contribution is 0.101. The van der Waals surface area contributed by atoms with E-state index in [2.05, 4.69) is 0 Å². The highest BCUT2D eigenvalue weighted by Crippen LogP contribution is 2.23. The number of aldehydes is 1. The molecule has 1 aromatic rings. The molecule has 0 N–H and O–H groups in total. The number of ketones is 1. The molecule has 13 heavy (non-hydrogen) atoms. The Morgan fingerprint density at radius 2 is 2.15 bits per heavy atom. The zero-order valence-electron chi connectivity index (χ0n) is 6.80. The first-order chi connectivity index (χ1) is 6.06. The largest absolute Gasteiger partial charge is 0.298 e. The minimum Gasteiger partial charge on any atom is -0.298 e. The van der Waals surface area contributed by atoms with Crippen LogP contribution < -0.4 is 0 Å². The first-order valence-electron chi connectivity index (χ1n) is 3.51. The van der Waals surface area contributed by atoms with Crippen molar-refractivity contribution in [1.82, 2.24) is 0 Å². The van der Waals surface area contributed by atoms with Crippen LogP contribution in [-0.2, 0) is 0 Å². The summed E-state index contributed by atoms with van der Waals surface area (Å²) in [6.07, 6.45) is 0.695. The number of Topliss-reactive ketones (excluding diaryl/α,β-unsaturated/α-hetero) is 1. The molecule has 0 saturated carbocycles. The van der Waals surface area contributed by atoms with E-state index in [0.29, 0.717) is 26.0 Å². The fourth-order valence-corrected chi connectivity index (χ4v) is 1.56. The molecule has 0 spiro atoms. The number of rotatable bonds is 2. The molecule has 68 valence electrons. The molecule has 0 aromatic heterocycles. The van der Waals surface area contributed by atoms with Gasteiger partial charge in [0.05, 0.1) is 5.02 Å². The van der Waals surface area contributed by atoms with Crippen LogP contribution in [0.3, 0.4) is 0 Å². The summed E-state index contributed by atoms with van der Waals surface area (Å²) in [5.74, 6) is -0.0959. The van der Waals surface area contributed by atoms with Crippen LogP contribution in [0, 0.1) is 3.57 Å². The summed E-state index contributed by atoms with van der Waals surface area (Å²) in [5, 5.41) is 0.440. The molecule has 0 aliphatic heterocycles. The van der Waals surface area contributed by atoms with Crippen LogP contribution >= 0.6 is 34.2 Å². The summed E-state index contributed by atoms with van der Waals surface area (Å²) in [4.78, 5) is 21.6. The van der Waals surface area contributed by atoms with Gasteiger partial charge in [-0.1, -0.05) is 11.6 Å². The van der Waals surface area contributed by atoms with Crippen LogP contribution in [0.4, 0.5) is 0 Å². The number of benzene rings is 1. The summed E-state index contributed by atoms with van der Waals surface area (Å²) < 4.78 is 0.680. The minimum absolute atomic E-state index is 0.0959. The van der Waals surface area contributed by atoms with Gasteiger partial charge in [-0.05, 0) is 41.6 Å². The molecule has 1 aromatic carbocycles. The number of hydrogen-bond acceptors (Lipinski definition) is 2. The zero-order chi connectivity index (χ0) is 10.0. The van der Waals surface area contributed by atoms with Gasteiger partial charge in [0.2, 0.25) is 0 Å². The van der Waals surface area contributed by atoms with E-state index in [1.807, 2.05) is 22.6 Å². The van der Waals surface area contributed by atoms with Crippen molar-refractivity contribution < 1.29 is 9.59 Å². The SMILES string of the molecule is CC(=O)c1cc(Cl)c(I)c(C=O)c1. The first-order valence-corrected chi connectivity index (χ1v) is 4.97. The van der Waals surface area contributed by atoms with Gasteiger partial charge in [-0.25, -0.2) is 0 Å². The Bertz CT molecular complexity index is 374. The van der Waals surface area contributed by atoms with Gasteiger partial charge < -0.3 is 0 Å². The van der Waals surface area contributed by atoms with E-state index in [1.54, 1.807) is 12.1 Å². The second-order valence-electron chi connectivity index (χ2n) is 2.54. The summed E-state index contributed by atoms with van der Waals surface area (Å²) in [6.45, 7) is 1.44. The lowest BCUT2D eigenvalue weighted by atomic mass is 10.1. The van der Waals surface area contributed by atoms with Gasteiger partial charge in [-0.2, -0.15) is 0 Å². The number of carbonyl (C=O) groups excluding carboxylic acids is 2. The van der Waals surface area contributed by atoms with E-state index >= 15 is 0 Å². The molecule has 0 heterocycles. The Labute approximate surface area is 94.4 Å². The maximum atomic E-state index is 11.0. The highest BCUT2D eigenvalue weighted by Gasteiger charge is 2.08. The van der Waals surface area contributed by atoms with E-state index in [1.165, 1.54) is 6.92 Å². The van der Waals surface area contributed by atoms with Crippen molar-refractivity contribution in [2.75, 3.05) is 0 Å². The Kier molecular flexibility index (Phi) is 3.44. The van der Waals surface area contributed by atoms with Crippen molar-refractivity contribution >= 4 is 46.3 Å². The van der Waals surface area contributed by atoms with Gasteiger partial charge in [0.25, 0.3) is 0 Å². The van der Waals surface area contributed by atoms with Gasteiger partial charge in [0.15, 0.2) is 12.1 Å². The van der Waals surface area contributed by atoms with Crippen molar-refractivity contribution in [2.24, 2.45) is 0 Å². The number of hydrogen-bond donors (Lipinski definition) is 0. The molecule has 0 aliphatic carbocycles. The lowest BCUT2D eigenvalue weighted by Gasteiger charge is -2.02. The third kappa shape index (κ3) is 2.28. The molecule has 0 aliphatic rings. The van der Waals surface area contributed by atoms with E-state index in [4.69, 9.17) is 11.6 Å². The van der Waals surface area contributed by atoms with Crippen molar-refractivity contribution in [3.63, 3.8) is 0 Å². The summed E-state index contributed by atoms with van der Waals surface area (Å²) in [7, 11) is 0. The molecule has 0 bridgehead atoms. The Balaban J connectivity index is 3.38. The third-order valence-electron chi connectivity index (χ3n) is 1.59. The second kappa shape index (κ2) is 4.19. The molecule has 1 rings (SSSR count). The van der Waals surface area contributed by atoms with Crippen molar-refractivity contribution in [1.29, 1.82) is 0 Å². The maximum absolute atomic E-state index is 11.0. The topological polar surface area (TPSA) is 34.1 Å². The fourth-order valence-electron chi connectivity index (χ4n) is 0.899. The highest BCUT2D eigenvalue weighted by molar-refractivity contribution is 14.1. The average molecular weight is 309 g/mol. The van der Waals surface area contributed by atoms with Crippen LogP contribution in [0.15, 0.2) is 12.1 Å². The Morgan fingerprint density at radius 1 is 1.54 bits per heavy atom. The smallest absolute Gasteiger partial charge is 0.159 e. The van der Waals surface area contributed by atoms with Gasteiger partial charge in [0, 0.05) is 14.7 Å². The van der Waals surface area contributed by atoms with E-state index in [0.717, 1.165) is 0 Å². The normalized spacial score (nSPS) is 9.77. The molecule has 0 amide bonds. The summed E-state index contributed by atoms with van der Waals surface area (Å²) >= 11 is 7.79. The monoisotopic (exact) mass is 308 g/mol. The van der Waals surface area contributed by atoms with Crippen molar-refractivity contribution in [3.05, 3.63) is 31.9 Å². The fraction of sp³-hybridized carbons (Fsp3) is 0.111. The molecular formula is C9H6ClIO2. The molecule has 4 heteroatoms. The number of halogens is 2. The van der Waals surface area contributed by atoms with Gasteiger partial charge in [-0.15, -0.1) is 0 Å². The van der Waals surface area contributed by atoms with E-state index < -0.39 is 0 Å². The first kappa shape index (κ1) is 10.7. The van der Waals surface area contributed by atoms with E-state index in [9.17, 15) is 9.59 Å². The van der Waals surface area contributed by atoms with Gasteiger partial charge >= 0.3 is 0 Å². The molecule has 0 atom stereocenters. The predicted molar refractivity (Wildman–Crippen MR) is 59.6 cm³/mol. The van der Waals surface area contributed by atoms with Crippen LogP contribution in [0.1, 0.15) is 27.6 Å². The summed E-state index contributed by atoms with van der Waals surface area (Å²) in [6, 6.07) is 3.11. The predicted octanol–water partition coefficient (Wildman–Crippen LogP) is 2.96. The van der Waals surface area contributed by atoms with Crippen LogP contribution in [0.5, 0.6) is 0 Å². The molecule has 0 radical (unpaired) electrons. The molecule has 0 fully saturated rings. The van der Waals surface area contributed by atoms with Gasteiger partial charge in [0.1, 0.15) is 0 Å². The highest BCUT2D eigenvalue weighted by atomic mass is 127. The summed E-state index contributed by atoms with van der Waals surface area (Å²) in [5.41, 5.74) is 0.922. The van der Waals surface area contributed by atoms with Crippen LogP contribution in [-0.4, -0.2) is 12.1 Å². The number of carbonyl (C=O) groups is 2. The quantitative estimate of drug-likeness (QED) is 0.478. The third-order valence-corrected chi connectivity index (χ3v) is 3.41. The molecule has 2 nitrogen and oxygen atoms in total. The van der Waals surface area contributed by atoms with Crippen LogP contribution in [0.25, 0.3) is 0 Å². The lowest BCUT2D eigenvalue weighted by Crippen LogP contribution is -1.96. The van der Waals surface area contributed by atoms with Crippen LogP contribution in [0.2, 0.25) is 5.02 Å². The molecule has 0 saturated heterocycles. The maximum Gasteiger partial charge on any atom is 0.159 e. The Hall–Kier alpha value is -0.420. The second-order valence-corrected chi connectivity index (χ2v) is 4.02. The Morgan fingerprint density at radius 3 is 2.62 bits per heavy atom.